The minimum Gasteiger partial charge on any atom is -0.357 e. The van der Waals surface area contributed by atoms with Gasteiger partial charge >= 0.3 is 0 Å². The Hall–Kier alpha value is -2.05. The summed E-state index contributed by atoms with van der Waals surface area (Å²) < 4.78 is 0. The minimum atomic E-state index is -0.0180. The Morgan fingerprint density at radius 3 is 2.77 bits per heavy atom. The van der Waals surface area contributed by atoms with E-state index in [1.54, 1.807) is 0 Å². The number of carbonyl (C=O) groups is 1. The van der Waals surface area contributed by atoms with Crippen molar-refractivity contribution >= 4 is 34.8 Å². The van der Waals surface area contributed by atoms with E-state index in [0.29, 0.717) is 13.1 Å². The van der Waals surface area contributed by atoms with Gasteiger partial charge in [0.25, 0.3) is 5.91 Å². The number of benzene rings is 1. The summed E-state index contributed by atoms with van der Waals surface area (Å²) in [6.07, 6.45) is 1.67. The van der Waals surface area contributed by atoms with Crippen molar-refractivity contribution in [2.45, 2.75) is 19.8 Å². The molecule has 0 fully saturated rings. The summed E-state index contributed by atoms with van der Waals surface area (Å²) in [7, 11) is 0. The van der Waals surface area contributed by atoms with Gasteiger partial charge in [0, 0.05) is 31.2 Å². The number of rotatable bonds is 9. The van der Waals surface area contributed by atoms with Gasteiger partial charge in [0.05, 0.1) is 4.88 Å². The molecule has 1 aromatic carbocycles. The van der Waals surface area contributed by atoms with Gasteiger partial charge in [0.1, 0.15) is 0 Å². The Kier molecular flexibility index (Phi) is 9.00. The zero-order valence-corrected chi connectivity index (χ0v) is 16.5. The molecule has 2 aromatic rings. The van der Waals surface area contributed by atoms with Crippen LogP contribution in [0, 0.1) is 0 Å². The topological polar surface area (TPSA) is 65.5 Å². The number of hydrogen-bond acceptors (Lipinski definition) is 3. The first-order valence-electron chi connectivity index (χ1n) is 8.77. The number of amides is 1. The Bertz CT molecular complexity index is 703. The fourth-order valence-electron chi connectivity index (χ4n) is 2.33. The predicted molar refractivity (Wildman–Crippen MR) is 110 cm³/mol. The lowest BCUT2D eigenvalue weighted by atomic mass is 10.1. The molecule has 140 valence electrons. The highest BCUT2D eigenvalue weighted by atomic mass is 35.5. The second-order valence-corrected chi connectivity index (χ2v) is 7.04. The highest BCUT2D eigenvalue weighted by Gasteiger charge is 2.04. The second-order valence-electron chi connectivity index (χ2n) is 5.65. The predicted octanol–water partition coefficient (Wildman–Crippen LogP) is 3.32. The first-order chi connectivity index (χ1) is 12.7. The molecule has 0 saturated carbocycles. The first-order valence-corrected chi connectivity index (χ1v) is 10.0. The third kappa shape index (κ3) is 7.45. The molecular formula is C19H25ClN4OS. The van der Waals surface area contributed by atoms with Crippen molar-refractivity contribution < 1.29 is 4.79 Å². The van der Waals surface area contributed by atoms with Crippen molar-refractivity contribution in [1.29, 1.82) is 0 Å². The molecule has 0 saturated heterocycles. The average Bonchev–Trinajstić information content (AvgIpc) is 3.16. The largest absolute Gasteiger partial charge is 0.357 e. The van der Waals surface area contributed by atoms with Crippen LogP contribution in [0.2, 0.25) is 5.02 Å². The molecule has 0 spiro atoms. The van der Waals surface area contributed by atoms with Crippen LogP contribution < -0.4 is 16.0 Å². The summed E-state index contributed by atoms with van der Waals surface area (Å²) in [6.45, 7) is 4.88. The van der Waals surface area contributed by atoms with E-state index in [9.17, 15) is 4.79 Å². The maximum absolute atomic E-state index is 11.8. The summed E-state index contributed by atoms with van der Waals surface area (Å²) >= 11 is 7.45. The summed E-state index contributed by atoms with van der Waals surface area (Å²) in [6, 6.07) is 11.6. The Morgan fingerprint density at radius 2 is 2.04 bits per heavy atom. The van der Waals surface area contributed by atoms with Crippen LogP contribution in [0.25, 0.3) is 0 Å². The van der Waals surface area contributed by atoms with Crippen molar-refractivity contribution in [3.05, 3.63) is 57.2 Å². The van der Waals surface area contributed by atoms with Gasteiger partial charge in [-0.3, -0.25) is 9.79 Å². The number of thiophene rings is 1. The fraction of sp³-hybridized carbons (Fsp3) is 0.368. The number of hydrogen-bond donors (Lipinski definition) is 3. The molecule has 0 radical (unpaired) electrons. The zero-order valence-electron chi connectivity index (χ0n) is 14.9. The van der Waals surface area contributed by atoms with E-state index in [1.807, 2.05) is 42.6 Å². The van der Waals surface area contributed by atoms with Gasteiger partial charge in [-0.2, -0.15) is 0 Å². The Labute approximate surface area is 163 Å². The SMILES string of the molecule is CCNC(=NCCCNC(=O)c1cccs1)NCCc1cccc(Cl)c1. The van der Waals surface area contributed by atoms with Crippen LogP contribution in [0.1, 0.15) is 28.6 Å². The maximum atomic E-state index is 11.8. The van der Waals surface area contributed by atoms with Crippen molar-refractivity contribution in [2.24, 2.45) is 4.99 Å². The summed E-state index contributed by atoms with van der Waals surface area (Å²) in [5.41, 5.74) is 1.19. The molecule has 5 nitrogen and oxygen atoms in total. The quantitative estimate of drug-likeness (QED) is 0.348. The second kappa shape index (κ2) is 11.5. The molecule has 0 bridgehead atoms. The van der Waals surface area contributed by atoms with Crippen molar-refractivity contribution in [3.8, 4) is 0 Å². The molecule has 0 aliphatic heterocycles. The summed E-state index contributed by atoms with van der Waals surface area (Å²) in [5.74, 6) is 0.773. The van der Waals surface area contributed by atoms with E-state index in [0.717, 1.165) is 41.8 Å². The summed E-state index contributed by atoms with van der Waals surface area (Å²) in [5, 5.41) is 12.1. The zero-order chi connectivity index (χ0) is 18.6. The smallest absolute Gasteiger partial charge is 0.261 e. The molecule has 1 amide bonds. The van der Waals surface area contributed by atoms with E-state index in [1.165, 1.54) is 16.9 Å². The van der Waals surface area contributed by atoms with Gasteiger partial charge in [-0.15, -0.1) is 11.3 Å². The molecule has 0 aliphatic carbocycles. The van der Waals surface area contributed by atoms with Gasteiger partial charge in [-0.05, 0) is 48.9 Å². The highest BCUT2D eigenvalue weighted by molar-refractivity contribution is 7.12. The van der Waals surface area contributed by atoms with E-state index in [2.05, 4.69) is 27.0 Å². The number of carbonyl (C=O) groups excluding carboxylic acids is 1. The van der Waals surface area contributed by atoms with Crippen LogP contribution in [-0.2, 0) is 6.42 Å². The van der Waals surface area contributed by atoms with Crippen LogP contribution in [0.15, 0.2) is 46.8 Å². The third-order valence-electron chi connectivity index (χ3n) is 3.57. The molecule has 26 heavy (non-hydrogen) atoms. The fourth-order valence-corrected chi connectivity index (χ4v) is 3.18. The number of aliphatic imine (C=N–C) groups is 1. The van der Waals surface area contributed by atoms with E-state index in [-0.39, 0.29) is 5.91 Å². The first kappa shape index (κ1) is 20.3. The van der Waals surface area contributed by atoms with E-state index >= 15 is 0 Å². The molecule has 1 heterocycles. The van der Waals surface area contributed by atoms with Crippen molar-refractivity contribution in [1.82, 2.24) is 16.0 Å². The lowest BCUT2D eigenvalue weighted by molar-refractivity contribution is 0.0957. The lowest BCUT2D eigenvalue weighted by Crippen LogP contribution is -2.38. The van der Waals surface area contributed by atoms with E-state index < -0.39 is 0 Å². The number of nitrogens with zero attached hydrogens (tertiary/aromatic N) is 1. The van der Waals surface area contributed by atoms with Gasteiger partial charge in [-0.1, -0.05) is 29.8 Å². The van der Waals surface area contributed by atoms with Crippen molar-refractivity contribution in [2.75, 3.05) is 26.2 Å². The maximum Gasteiger partial charge on any atom is 0.261 e. The molecular weight excluding hydrogens is 368 g/mol. The molecule has 3 N–H and O–H groups in total. The molecule has 7 heteroatoms. The van der Waals surface area contributed by atoms with Crippen LogP contribution >= 0.6 is 22.9 Å². The Morgan fingerprint density at radius 1 is 1.15 bits per heavy atom. The number of guanidine groups is 1. The number of nitrogens with one attached hydrogen (secondary N) is 3. The molecule has 0 aliphatic rings. The molecule has 1 aromatic heterocycles. The van der Waals surface area contributed by atoms with Crippen LogP contribution in [0.4, 0.5) is 0 Å². The average molecular weight is 393 g/mol. The monoisotopic (exact) mass is 392 g/mol. The molecule has 0 unspecified atom stereocenters. The van der Waals surface area contributed by atoms with Crippen LogP contribution in [-0.4, -0.2) is 38.0 Å². The lowest BCUT2D eigenvalue weighted by Gasteiger charge is -2.11. The standard InChI is InChI=1S/C19H25ClN4OS/c1-2-21-19(24-12-9-15-6-3-7-16(20)14-15)23-11-5-10-22-18(25)17-8-4-13-26-17/h3-4,6-8,13-14H,2,5,9-12H2,1H3,(H,22,25)(H2,21,23,24). The van der Waals surface area contributed by atoms with Gasteiger partial charge in [0.15, 0.2) is 5.96 Å². The number of halogens is 1. The normalized spacial score (nSPS) is 11.2. The van der Waals surface area contributed by atoms with Gasteiger partial charge < -0.3 is 16.0 Å². The van der Waals surface area contributed by atoms with E-state index in [4.69, 9.17) is 11.6 Å². The van der Waals surface area contributed by atoms with Crippen LogP contribution in [0.3, 0.4) is 0 Å². The minimum absolute atomic E-state index is 0.0180. The van der Waals surface area contributed by atoms with Gasteiger partial charge in [-0.25, -0.2) is 0 Å². The third-order valence-corrected chi connectivity index (χ3v) is 4.68. The molecule has 2 rings (SSSR count). The van der Waals surface area contributed by atoms with Gasteiger partial charge in [0.2, 0.25) is 0 Å². The summed E-state index contributed by atoms with van der Waals surface area (Å²) in [4.78, 5) is 17.1. The van der Waals surface area contributed by atoms with Crippen LogP contribution in [0.5, 0.6) is 0 Å². The Balaban J connectivity index is 1.67. The molecule has 0 atom stereocenters. The highest BCUT2D eigenvalue weighted by Crippen LogP contribution is 2.10. The van der Waals surface area contributed by atoms with Crippen molar-refractivity contribution in [3.63, 3.8) is 0 Å².